The van der Waals surface area contributed by atoms with Crippen LogP contribution in [0.1, 0.15) is 17.1 Å². The molecule has 0 aliphatic carbocycles. The Morgan fingerprint density at radius 2 is 1.96 bits per heavy atom. The fourth-order valence-corrected chi connectivity index (χ4v) is 3.29. The van der Waals surface area contributed by atoms with Gasteiger partial charge in [-0.25, -0.2) is 4.39 Å². The van der Waals surface area contributed by atoms with Crippen LogP contribution in [0.4, 0.5) is 4.39 Å². The molecule has 0 saturated carbocycles. The van der Waals surface area contributed by atoms with Crippen molar-refractivity contribution < 1.29 is 8.60 Å². The minimum atomic E-state index is -1.21. The standard InChI is InChI=1S/C15H17FN6OS/c1-12-2-4-14(5-3-12)22-15(17-19-20-22)11-24(23)10-13-6-8-21(18-13)9-7-16/h2-6,8H,7,9-11H2,1H3. The molecule has 3 aromatic rings. The highest BCUT2D eigenvalue weighted by Crippen LogP contribution is 2.12. The first-order valence-corrected chi connectivity index (χ1v) is 8.92. The number of alkyl halides is 1. The second kappa shape index (κ2) is 7.43. The molecule has 7 nitrogen and oxygen atoms in total. The fraction of sp³-hybridized carbons (Fsp3) is 0.333. The van der Waals surface area contributed by atoms with Crippen molar-refractivity contribution >= 4 is 10.8 Å². The van der Waals surface area contributed by atoms with Crippen molar-refractivity contribution in [2.75, 3.05) is 6.67 Å². The van der Waals surface area contributed by atoms with Gasteiger partial charge in [-0.05, 0) is 35.5 Å². The van der Waals surface area contributed by atoms with Crippen molar-refractivity contribution in [2.45, 2.75) is 25.0 Å². The molecule has 1 atom stereocenters. The smallest absolute Gasteiger partial charge is 0.169 e. The number of aromatic nitrogens is 6. The number of benzene rings is 1. The van der Waals surface area contributed by atoms with Gasteiger partial charge in [0.05, 0.1) is 29.4 Å². The maximum absolute atomic E-state index is 12.4. The van der Waals surface area contributed by atoms with Gasteiger partial charge >= 0.3 is 0 Å². The molecule has 2 aromatic heterocycles. The van der Waals surface area contributed by atoms with Gasteiger partial charge in [0.25, 0.3) is 0 Å². The summed E-state index contributed by atoms with van der Waals surface area (Å²) in [6.45, 7) is 1.73. The molecule has 0 aliphatic rings. The molecule has 1 unspecified atom stereocenters. The Bertz CT molecular complexity index is 829. The minimum absolute atomic E-state index is 0.207. The van der Waals surface area contributed by atoms with E-state index in [2.05, 4.69) is 20.6 Å². The molecule has 24 heavy (non-hydrogen) atoms. The predicted octanol–water partition coefficient (Wildman–Crippen LogP) is 1.59. The van der Waals surface area contributed by atoms with E-state index in [1.165, 1.54) is 4.68 Å². The van der Waals surface area contributed by atoms with Gasteiger partial charge in [-0.1, -0.05) is 17.7 Å². The highest BCUT2D eigenvalue weighted by molar-refractivity contribution is 7.83. The van der Waals surface area contributed by atoms with Gasteiger partial charge in [-0.2, -0.15) is 9.78 Å². The number of halogens is 1. The van der Waals surface area contributed by atoms with Gasteiger partial charge in [0.15, 0.2) is 5.82 Å². The SMILES string of the molecule is Cc1ccc(-n2nnnc2CS(=O)Cc2ccn(CCF)n2)cc1. The van der Waals surface area contributed by atoms with Gasteiger partial charge in [-0.3, -0.25) is 8.89 Å². The topological polar surface area (TPSA) is 78.5 Å². The lowest BCUT2D eigenvalue weighted by atomic mass is 10.2. The summed E-state index contributed by atoms with van der Waals surface area (Å²) in [7, 11) is -1.21. The van der Waals surface area contributed by atoms with Crippen LogP contribution < -0.4 is 0 Å². The Morgan fingerprint density at radius 3 is 2.71 bits per heavy atom. The predicted molar refractivity (Wildman–Crippen MR) is 87.6 cm³/mol. The fourth-order valence-electron chi connectivity index (χ4n) is 2.23. The lowest BCUT2D eigenvalue weighted by Crippen LogP contribution is -2.08. The average molecular weight is 348 g/mol. The Balaban J connectivity index is 1.68. The summed E-state index contributed by atoms with van der Waals surface area (Å²) in [6.07, 6.45) is 1.68. The number of rotatable bonds is 7. The molecule has 0 aliphatic heterocycles. The zero-order valence-corrected chi connectivity index (χ0v) is 14.0. The highest BCUT2D eigenvalue weighted by atomic mass is 32.2. The molecule has 0 radical (unpaired) electrons. The van der Waals surface area contributed by atoms with E-state index in [1.54, 1.807) is 16.9 Å². The summed E-state index contributed by atoms with van der Waals surface area (Å²) in [5.41, 5.74) is 2.63. The molecule has 0 N–H and O–H groups in total. The molecule has 2 heterocycles. The van der Waals surface area contributed by atoms with Crippen LogP contribution in [-0.4, -0.2) is 40.9 Å². The van der Waals surface area contributed by atoms with E-state index in [4.69, 9.17) is 0 Å². The van der Waals surface area contributed by atoms with E-state index < -0.39 is 17.5 Å². The lowest BCUT2D eigenvalue weighted by molar-refractivity contribution is 0.426. The zero-order valence-electron chi connectivity index (χ0n) is 13.2. The molecule has 0 bridgehead atoms. The van der Waals surface area contributed by atoms with E-state index in [-0.39, 0.29) is 18.1 Å². The van der Waals surface area contributed by atoms with E-state index in [9.17, 15) is 8.60 Å². The van der Waals surface area contributed by atoms with Crippen LogP contribution in [0.5, 0.6) is 0 Å². The van der Waals surface area contributed by atoms with Crippen molar-refractivity contribution in [2.24, 2.45) is 0 Å². The molecule has 0 fully saturated rings. The molecular formula is C15H17FN6OS. The van der Waals surface area contributed by atoms with Gasteiger partial charge < -0.3 is 0 Å². The average Bonchev–Trinajstić information content (AvgIpc) is 3.18. The summed E-state index contributed by atoms with van der Waals surface area (Å²) in [5.74, 6) is 1.03. The summed E-state index contributed by atoms with van der Waals surface area (Å²) in [4.78, 5) is 0. The maximum Gasteiger partial charge on any atom is 0.169 e. The van der Waals surface area contributed by atoms with E-state index in [0.29, 0.717) is 11.5 Å². The van der Waals surface area contributed by atoms with Crippen molar-refractivity contribution in [3.63, 3.8) is 0 Å². The summed E-state index contributed by atoms with van der Waals surface area (Å²) in [6, 6.07) is 9.51. The van der Waals surface area contributed by atoms with Crippen LogP contribution in [0.15, 0.2) is 36.5 Å². The second-order valence-corrected chi connectivity index (χ2v) is 6.79. The third-order valence-corrected chi connectivity index (χ3v) is 4.62. The van der Waals surface area contributed by atoms with Crippen molar-refractivity contribution in [1.82, 2.24) is 30.0 Å². The summed E-state index contributed by atoms with van der Waals surface area (Å²) >= 11 is 0. The first-order valence-electron chi connectivity index (χ1n) is 7.43. The lowest BCUT2D eigenvalue weighted by Gasteiger charge is -2.04. The monoisotopic (exact) mass is 348 g/mol. The number of aryl methyl sites for hydroxylation is 2. The first-order chi connectivity index (χ1) is 11.7. The third kappa shape index (κ3) is 3.91. The Hall–Kier alpha value is -2.42. The van der Waals surface area contributed by atoms with Gasteiger partial charge in [0.1, 0.15) is 6.67 Å². The molecule has 3 rings (SSSR count). The van der Waals surface area contributed by atoms with Crippen LogP contribution in [-0.2, 0) is 28.9 Å². The molecule has 0 amide bonds. The van der Waals surface area contributed by atoms with Crippen LogP contribution in [0, 0.1) is 6.92 Å². The molecule has 9 heteroatoms. The van der Waals surface area contributed by atoms with Crippen LogP contribution in [0.3, 0.4) is 0 Å². The highest BCUT2D eigenvalue weighted by Gasteiger charge is 2.13. The molecule has 0 spiro atoms. The van der Waals surface area contributed by atoms with Crippen LogP contribution >= 0.6 is 0 Å². The second-order valence-electron chi connectivity index (χ2n) is 5.33. The van der Waals surface area contributed by atoms with Crippen LogP contribution in [0.2, 0.25) is 0 Å². The third-order valence-electron chi connectivity index (χ3n) is 3.42. The van der Waals surface area contributed by atoms with Gasteiger partial charge in [0, 0.05) is 17.0 Å². The van der Waals surface area contributed by atoms with Gasteiger partial charge in [0.2, 0.25) is 0 Å². The van der Waals surface area contributed by atoms with E-state index >= 15 is 0 Å². The quantitative estimate of drug-likeness (QED) is 0.648. The largest absolute Gasteiger partial charge is 0.270 e. The summed E-state index contributed by atoms with van der Waals surface area (Å²) in [5, 5.41) is 15.8. The normalized spacial score (nSPS) is 12.4. The first kappa shape index (κ1) is 16.4. The number of nitrogens with zero attached hydrogens (tertiary/aromatic N) is 6. The molecule has 0 saturated heterocycles. The van der Waals surface area contributed by atoms with E-state index in [1.807, 2.05) is 31.2 Å². The maximum atomic E-state index is 12.4. The van der Waals surface area contributed by atoms with Crippen molar-refractivity contribution in [3.05, 3.63) is 53.6 Å². The van der Waals surface area contributed by atoms with Crippen molar-refractivity contribution in [3.8, 4) is 5.69 Å². The Kier molecular flexibility index (Phi) is 5.09. The molecular weight excluding hydrogens is 331 g/mol. The Morgan fingerprint density at radius 1 is 1.17 bits per heavy atom. The molecule has 1 aromatic carbocycles. The van der Waals surface area contributed by atoms with E-state index in [0.717, 1.165) is 11.3 Å². The molecule has 126 valence electrons. The van der Waals surface area contributed by atoms with Crippen LogP contribution in [0.25, 0.3) is 5.69 Å². The number of hydrogen-bond acceptors (Lipinski definition) is 5. The van der Waals surface area contributed by atoms with Crippen molar-refractivity contribution in [1.29, 1.82) is 0 Å². The minimum Gasteiger partial charge on any atom is -0.270 e. The zero-order chi connectivity index (χ0) is 16.9. The number of tetrazole rings is 1. The number of hydrogen-bond donors (Lipinski definition) is 0. The summed E-state index contributed by atoms with van der Waals surface area (Å²) < 4.78 is 27.7. The Labute approximate surface area is 141 Å². The van der Waals surface area contributed by atoms with Gasteiger partial charge in [-0.15, -0.1) is 5.10 Å².